The molecule has 2 N–H and O–H groups in total. The van der Waals surface area contributed by atoms with Crippen molar-refractivity contribution in [3.8, 4) is 0 Å². The van der Waals surface area contributed by atoms with Gasteiger partial charge in [0.25, 0.3) is 0 Å². The zero-order valence-electron chi connectivity index (χ0n) is 7.86. The average Bonchev–Trinajstić information content (AvgIpc) is 2.17. The van der Waals surface area contributed by atoms with Gasteiger partial charge in [0.05, 0.1) is 0 Å². The number of hydrogen-bond donors (Lipinski definition) is 0. The molecule has 0 radical (unpaired) electrons. The summed E-state index contributed by atoms with van der Waals surface area (Å²) in [7, 11) is 3.25. The largest absolute Gasteiger partial charge is 0.412 e. The predicted octanol–water partition coefficient (Wildman–Crippen LogP) is 2.17. The van der Waals surface area contributed by atoms with Crippen LogP contribution in [0.15, 0.2) is 0 Å². The lowest BCUT2D eigenvalue weighted by molar-refractivity contribution is 0.277. The van der Waals surface area contributed by atoms with Crippen molar-refractivity contribution in [1.29, 1.82) is 0 Å². The monoisotopic (exact) mass is 162 g/mol. The van der Waals surface area contributed by atoms with Crippen LogP contribution >= 0.6 is 0 Å². The van der Waals surface area contributed by atoms with E-state index in [0.717, 1.165) is 0 Å². The van der Waals surface area contributed by atoms with Crippen molar-refractivity contribution in [1.82, 2.24) is 0 Å². The second-order valence-corrected chi connectivity index (χ2v) is 2.88. The van der Waals surface area contributed by atoms with E-state index in [4.69, 9.17) is 0 Å². The summed E-state index contributed by atoms with van der Waals surface area (Å²) in [5.74, 6) is 0. The Bertz CT molecular complexity index is 35.9. The molecule has 0 aromatic carbocycles. The summed E-state index contributed by atoms with van der Waals surface area (Å²) in [4.78, 5) is 0. The summed E-state index contributed by atoms with van der Waals surface area (Å²) >= 11 is 0. The maximum Gasteiger partial charge on any atom is 0.0351 e. The van der Waals surface area contributed by atoms with Gasteiger partial charge in [-0.05, 0) is 0 Å². The molecule has 0 atom stereocenters. The van der Waals surface area contributed by atoms with E-state index >= 15 is 0 Å². The fourth-order valence-corrected chi connectivity index (χ4v) is 1.24. The van der Waals surface area contributed by atoms with Crippen LogP contribution in [0.4, 0.5) is 0 Å². The van der Waals surface area contributed by atoms with Crippen LogP contribution in [-0.2, 0) is 4.74 Å². The van der Waals surface area contributed by atoms with Gasteiger partial charge in [0, 0.05) is 14.2 Å². The highest BCUT2D eigenvalue weighted by atomic mass is 16.4. The molecule has 1 aliphatic carbocycles. The molecule has 0 amide bonds. The molecule has 0 aliphatic heterocycles. The van der Waals surface area contributed by atoms with Gasteiger partial charge in [0.2, 0.25) is 0 Å². The van der Waals surface area contributed by atoms with Crippen LogP contribution in [0.5, 0.6) is 0 Å². The molecule has 70 valence electrons. The summed E-state index contributed by atoms with van der Waals surface area (Å²) in [5, 5.41) is 0. The minimum atomic E-state index is 0. The number of hydrogen-bond acceptors (Lipinski definition) is 1. The van der Waals surface area contributed by atoms with E-state index in [0.29, 0.717) is 0 Å². The van der Waals surface area contributed by atoms with Crippen LogP contribution in [-0.4, -0.2) is 19.7 Å². The highest BCUT2D eigenvalue weighted by molar-refractivity contribution is 4.51. The van der Waals surface area contributed by atoms with Gasteiger partial charge >= 0.3 is 0 Å². The molecule has 11 heavy (non-hydrogen) atoms. The predicted molar refractivity (Wildman–Crippen MR) is 48.9 cm³/mol. The van der Waals surface area contributed by atoms with Crippen molar-refractivity contribution in [2.75, 3.05) is 14.2 Å². The van der Waals surface area contributed by atoms with Crippen LogP contribution < -0.4 is 0 Å². The molecule has 2 nitrogen and oxygen atoms in total. The van der Waals surface area contributed by atoms with E-state index in [1.165, 1.54) is 44.9 Å². The SMILES string of the molecule is C1CCCCCC1.COC.O. The van der Waals surface area contributed by atoms with Crippen molar-refractivity contribution in [3.63, 3.8) is 0 Å². The van der Waals surface area contributed by atoms with Gasteiger partial charge in [-0.15, -0.1) is 0 Å². The van der Waals surface area contributed by atoms with Gasteiger partial charge < -0.3 is 10.2 Å². The first-order chi connectivity index (χ1) is 4.91. The minimum Gasteiger partial charge on any atom is -0.412 e. The lowest BCUT2D eigenvalue weighted by Crippen LogP contribution is -1.66. The second kappa shape index (κ2) is 12.6. The quantitative estimate of drug-likeness (QED) is 0.503. The average molecular weight is 162 g/mol. The Morgan fingerprint density at radius 2 is 0.727 bits per heavy atom. The molecule has 1 saturated carbocycles. The van der Waals surface area contributed by atoms with E-state index in [9.17, 15) is 0 Å². The van der Waals surface area contributed by atoms with Crippen LogP contribution in [0, 0.1) is 0 Å². The highest BCUT2D eigenvalue weighted by Gasteiger charge is 1.95. The molecule has 0 aromatic heterocycles. The summed E-state index contributed by atoms with van der Waals surface area (Å²) < 4.78 is 4.25. The van der Waals surface area contributed by atoms with E-state index in [1.807, 2.05) is 0 Å². The Hall–Kier alpha value is -0.0800. The Kier molecular flexibility index (Phi) is 15.4. The number of ether oxygens (including phenoxy) is 1. The lowest BCUT2D eigenvalue weighted by atomic mass is 10.2. The van der Waals surface area contributed by atoms with Crippen LogP contribution in [0.2, 0.25) is 0 Å². The van der Waals surface area contributed by atoms with Gasteiger partial charge in [0.1, 0.15) is 0 Å². The van der Waals surface area contributed by atoms with E-state index in [1.54, 1.807) is 14.2 Å². The molecule has 1 rings (SSSR count). The molecule has 2 heteroatoms. The fraction of sp³-hybridized carbons (Fsp3) is 1.00. The summed E-state index contributed by atoms with van der Waals surface area (Å²) in [5.41, 5.74) is 0. The van der Waals surface area contributed by atoms with Gasteiger partial charge in [-0.1, -0.05) is 44.9 Å². The standard InChI is InChI=1S/C7H14.C2H6O.H2O/c1-2-4-6-7-5-3-1;1-3-2;/h1-7H2;1-2H3;1H2. The van der Waals surface area contributed by atoms with E-state index in [2.05, 4.69) is 4.74 Å². The smallest absolute Gasteiger partial charge is 0.0351 e. The first kappa shape index (κ1) is 13.5. The Balaban J connectivity index is 0. The third-order valence-electron chi connectivity index (χ3n) is 1.75. The van der Waals surface area contributed by atoms with Gasteiger partial charge in [-0.3, -0.25) is 0 Å². The first-order valence-corrected chi connectivity index (χ1v) is 4.32. The molecule has 1 aliphatic rings. The van der Waals surface area contributed by atoms with Crippen molar-refractivity contribution in [2.24, 2.45) is 0 Å². The van der Waals surface area contributed by atoms with Crippen LogP contribution in [0.25, 0.3) is 0 Å². The van der Waals surface area contributed by atoms with Crippen molar-refractivity contribution in [3.05, 3.63) is 0 Å². The molecular formula is C9H22O2. The molecular weight excluding hydrogens is 140 g/mol. The van der Waals surface area contributed by atoms with Crippen LogP contribution in [0.3, 0.4) is 0 Å². The van der Waals surface area contributed by atoms with Gasteiger partial charge in [0.15, 0.2) is 0 Å². The minimum absolute atomic E-state index is 0. The zero-order chi connectivity index (χ0) is 7.66. The Morgan fingerprint density at radius 1 is 0.636 bits per heavy atom. The zero-order valence-corrected chi connectivity index (χ0v) is 7.86. The lowest BCUT2D eigenvalue weighted by Gasteiger charge is -1.85. The third kappa shape index (κ3) is 13.0. The Morgan fingerprint density at radius 3 is 0.818 bits per heavy atom. The molecule has 0 unspecified atom stereocenters. The topological polar surface area (TPSA) is 40.7 Å². The highest BCUT2D eigenvalue weighted by Crippen LogP contribution is 2.15. The molecule has 1 fully saturated rings. The number of methoxy groups -OCH3 is 1. The first-order valence-electron chi connectivity index (χ1n) is 4.32. The summed E-state index contributed by atoms with van der Waals surface area (Å²) in [6.07, 6.45) is 10.5. The second-order valence-electron chi connectivity index (χ2n) is 2.88. The molecule has 0 aromatic rings. The summed E-state index contributed by atoms with van der Waals surface area (Å²) in [6.45, 7) is 0. The molecule has 0 bridgehead atoms. The van der Waals surface area contributed by atoms with Crippen molar-refractivity contribution >= 4 is 0 Å². The number of rotatable bonds is 0. The van der Waals surface area contributed by atoms with Crippen LogP contribution in [0.1, 0.15) is 44.9 Å². The van der Waals surface area contributed by atoms with Crippen molar-refractivity contribution in [2.45, 2.75) is 44.9 Å². The Labute approximate surface area is 70.3 Å². The molecule has 0 spiro atoms. The summed E-state index contributed by atoms with van der Waals surface area (Å²) in [6, 6.07) is 0. The fourth-order valence-electron chi connectivity index (χ4n) is 1.24. The maximum absolute atomic E-state index is 4.25. The van der Waals surface area contributed by atoms with Gasteiger partial charge in [-0.25, -0.2) is 0 Å². The maximum atomic E-state index is 4.25. The van der Waals surface area contributed by atoms with Crippen molar-refractivity contribution < 1.29 is 10.2 Å². The van der Waals surface area contributed by atoms with E-state index < -0.39 is 0 Å². The van der Waals surface area contributed by atoms with E-state index in [-0.39, 0.29) is 5.48 Å². The third-order valence-corrected chi connectivity index (χ3v) is 1.75. The molecule has 0 saturated heterocycles. The molecule has 0 heterocycles. The normalized spacial score (nSPS) is 16.9. The van der Waals surface area contributed by atoms with Gasteiger partial charge in [-0.2, -0.15) is 0 Å².